The van der Waals surface area contributed by atoms with Crippen molar-refractivity contribution >= 4 is 16.9 Å². The Hall–Kier alpha value is -2.69. The minimum absolute atomic E-state index is 0.253. The summed E-state index contributed by atoms with van der Waals surface area (Å²) in [5.41, 5.74) is 3.71. The second-order valence-electron chi connectivity index (χ2n) is 5.35. The van der Waals surface area contributed by atoms with Crippen LogP contribution < -0.4 is 0 Å². The number of benzene rings is 1. The summed E-state index contributed by atoms with van der Waals surface area (Å²) in [6, 6.07) is 7.23. The van der Waals surface area contributed by atoms with Gasteiger partial charge in [0.05, 0.1) is 23.0 Å². The van der Waals surface area contributed by atoms with E-state index in [4.69, 9.17) is 0 Å². The fourth-order valence-electron chi connectivity index (χ4n) is 2.53. The van der Waals surface area contributed by atoms with Crippen LogP contribution in [0.25, 0.3) is 22.2 Å². The van der Waals surface area contributed by atoms with E-state index in [2.05, 4.69) is 17.0 Å². The van der Waals surface area contributed by atoms with Crippen molar-refractivity contribution in [2.75, 3.05) is 0 Å². The number of carbonyl (C=O) groups is 1. The van der Waals surface area contributed by atoms with Crippen molar-refractivity contribution in [1.82, 2.24) is 14.8 Å². The zero-order valence-electron chi connectivity index (χ0n) is 12.6. The third-order valence-corrected chi connectivity index (χ3v) is 3.63. The minimum atomic E-state index is -0.945. The Labute approximate surface area is 128 Å². The van der Waals surface area contributed by atoms with Gasteiger partial charge in [-0.2, -0.15) is 5.10 Å². The number of nitrogens with zero attached hydrogens (tertiary/aromatic N) is 3. The highest BCUT2D eigenvalue weighted by molar-refractivity contribution is 6.00. The third-order valence-electron chi connectivity index (χ3n) is 3.63. The zero-order valence-corrected chi connectivity index (χ0v) is 12.6. The molecular weight excluding hydrogens is 278 g/mol. The first-order valence-corrected chi connectivity index (χ1v) is 7.26. The van der Waals surface area contributed by atoms with E-state index in [0.717, 1.165) is 40.7 Å². The number of hydrogen-bond donors (Lipinski definition) is 1. The molecule has 1 aromatic carbocycles. The molecule has 112 valence electrons. The van der Waals surface area contributed by atoms with E-state index in [1.165, 1.54) is 0 Å². The van der Waals surface area contributed by atoms with Gasteiger partial charge < -0.3 is 5.11 Å². The molecule has 0 aliphatic carbocycles. The Morgan fingerprint density at radius 3 is 2.73 bits per heavy atom. The summed E-state index contributed by atoms with van der Waals surface area (Å²) in [7, 11) is 0. The Morgan fingerprint density at radius 1 is 1.27 bits per heavy atom. The average Bonchev–Trinajstić information content (AvgIpc) is 2.91. The van der Waals surface area contributed by atoms with Gasteiger partial charge >= 0.3 is 5.97 Å². The van der Waals surface area contributed by atoms with Crippen LogP contribution >= 0.6 is 0 Å². The first-order valence-electron chi connectivity index (χ1n) is 7.26. The minimum Gasteiger partial charge on any atom is -0.478 e. The van der Waals surface area contributed by atoms with Gasteiger partial charge in [0.25, 0.3) is 0 Å². The van der Waals surface area contributed by atoms with Gasteiger partial charge in [-0.25, -0.2) is 4.79 Å². The van der Waals surface area contributed by atoms with Gasteiger partial charge in [0, 0.05) is 23.7 Å². The summed E-state index contributed by atoms with van der Waals surface area (Å²) in [6.07, 6.45) is 4.50. The van der Waals surface area contributed by atoms with Crippen LogP contribution in [0.4, 0.5) is 0 Å². The zero-order chi connectivity index (χ0) is 15.7. The molecule has 0 aliphatic heterocycles. The lowest BCUT2D eigenvalue weighted by Crippen LogP contribution is -2.01. The summed E-state index contributed by atoms with van der Waals surface area (Å²) in [6.45, 7) is 4.80. The summed E-state index contributed by atoms with van der Waals surface area (Å²) in [5.74, 6) is -0.945. The highest BCUT2D eigenvalue weighted by Crippen LogP contribution is 2.29. The van der Waals surface area contributed by atoms with Crippen LogP contribution in [0.3, 0.4) is 0 Å². The first-order chi connectivity index (χ1) is 10.6. The van der Waals surface area contributed by atoms with Gasteiger partial charge in [0.1, 0.15) is 0 Å². The molecule has 0 saturated heterocycles. The standard InChI is InChI=1S/C17H17N3O2/c1-3-6-20-16-8-12(17(21)22)7-13(14(16)10-19-20)15-5-4-11(2)9-18-15/h4-5,7-10H,3,6H2,1-2H3,(H,21,22). The van der Waals surface area contributed by atoms with Gasteiger partial charge in [-0.15, -0.1) is 0 Å². The van der Waals surface area contributed by atoms with E-state index < -0.39 is 5.97 Å². The number of pyridine rings is 1. The monoisotopic (exact) mass is 295 g/mol. The van der Waals surface area contributed by atoms with Gasteiger partial charge in [0.2, 0.25) is 0 Å². The molecule has 3 rings (SSSR count). The fraction of sp³-hybridized carbons (Fsp3) is 0.235. The molecule has 2 aromatic heterocycles. The number of fused-ring (bicyclic) bond motifs is 1. The average molecular weight is 295 g/mol. The number of carboxylic acid groups (broad SMARTS) is 1. The predicted octanol–water partition coefficient (Wildman–Crippen LogP) is 3.51. The maximum absolute atomic E-state index is 11.4. The fourth-order valence-corrected chi connectivity index (χ4v) is 2.53. The number of aromatic carboxylic acids is 1. The quantitative estimate of drug-likeness (QED) is 0.799. The summed E-state index contributed by atoms with van der Waals surface area (Å²) >= 11 is 0. The van der Waals surface area contributed by atoms with Crippen LogP contribution in [-0.2, 0) is 6.54 Å². The Balaban J connectivity index is 2.27. The van der Waals surface area contributed by atoms with E-state index in [9.17, 15) is 9.90 Å². The van der Waals surface area contributed by atoms with E-state index in [1.54, 1.807) is 24.5 Å². The molecule has 0 atom stereocenters. The van der Waals surface area contributed by atoms with E-state index >= 15 is 0 Å². The number of hydrogen-bond acceptors (Lipinski definition) is 3. The van der Waals surface area contributed by atoms with Gasteiger partial charge in [-0.05, 0) is 37.1 Å². The van der Waals surface area contributed by atoms with Crippen molar-refractivity contribution < 1.29 is 9.90 Å². The molecule has 0 saturated carbocycles. The summed E-state index contributed by atoms with van der Waals surface area (Å²) in [4.78, 5) is 15.8. The summed E-state index contributed by atoms with van der Waals surface area (Å²) in [5, 5.41) is 14.7. The molecule has 0 unspecified atom stereocenters. The van der Waals surface area contributed by atoms with Crippen molar-refractivity contribution in [1.29, 1.82) is 0 Å². The molecule has 0 spiro atoms. The lowest BCUT2D eigenvalue weighted by atomic mass is 10.0. The second kappa shape index (κ2) is 5.60. The van der Waals surface area contributed by atoms with Crippen LogP contribution in [0.1, 0.15) is 29.3 Å². The molecule has 0 radical (unpaired) electrons. The maximum atomic E-state index is 11.4. The van der Waals surface area contributed by atoms with Crippen LogP contribution in [0.2, 0.25) is 0 Å². The number of carboxylic acids is 1. The topological polar surface area (TPSA) is 68.0 Å². The molecule has 5 nitrogen and oxygen atoms in total. The molecule has 0 fully saturated rings. The normalized spacial score (nSPS) is 11.0. The first kappa shape index (κ1) is 14.3. The highest BCUT2D eigenvalue weighted by atomic mass is 16.4. The largest absolute Gasteiger partial charge is 0.478 e. The van der Waals surface area contributed by atoms with Crippen LogP contribution in [-0.4, -0.2) is 25.8 Å². The summed E-state index contributed by atoms with van der Waals surface area (Å²) < 4.78 is 1.85. The Kier molecular flexibility index (Phi) is 3.63. The van der Waals surface area contributed by atoms with Crippen molar-refractivity contribution in [2.45, 2.75) is 26.8 Å². The maximum Gasteiger partial charge on any atom is 0.335 e. The number of aryl methyl sites for hydroxylation is 2. The molecular formula is C17H17N3O2. The highest BCUT2D eigenvalue weighted by Gasteiger charge is 2.14. The number of rotatable bonds is 4. The molecule has 5 heteroatoms. The van der Waals surface area contributed by atoms with Crippen molar-refractivity contribution in [3.63, 3.8) is 0 Å². The van der Waals surface area contributed by atoms with Gasteiger partial charge in [0.15, 0.2) is 0 Å². The molecule has 2 heterocycles. The molecule has 1 N–H and O–H groups in total. The molecule has 0 bridgehead atoms. The molecule has 0 aliphatic rings. The predicted molar refractivity (Wildman–Crippen MR) is 85.0 cm³/mol. The third kappa shape index (κ3) is 2.45. The van der Waals surface area contributed by atoms with Gasteiger partial charge in [-0.1, -0.05) is 13.0 Å². The van der Waals surface area contributed by atoms with Crippen LogP contribution in [0.5, 0.6) is 0 Å². The van der Waals surface area contributed by atoms with Crippen molar-refractivity contribution in [3.05, 3.63) is 47.8 Å². The second-order valence-corrected chi connectivity index (χ2v) is 5.35. The molecule has 3 aromatic rings. The molecule has 0 amide bonds. The van der Waals surface area contributed by atoms with E-state index in [0.29, 0.717) is 0 Å². The smallest absolute Gasteiger partial charge is 0.335 e. The van der Waals surface area contributed by atoms with Crippen molar-refractivity contribution in [3.8, 4) is 11.3 Å². The SMILES string of the molecule is CCCn1ncc2c(-c3ccc(C)cn3)cc(C(=O)O)cc21. The van der Waals surface area contributed by atoms with Crippen molar-refractivity contribution in [2.24, 2.45) is 0 Å². The molecule has 22 heavy (non-hydrogen) atoms. The lowest BCUT2D eigenvalue weighted by Gasteiger charge is -2.07. The Bertz CT molecular complexity index is 835. The lowest BCUT2D eigenvalue weighted by molar-refractivity contribution is 0.0697. The van der Waals surface area contributed by atoms with Gasteiger partial charge in [-0.3, -0.25) is 9.67 Å². The van der Waals surface area contributed by atoms with Crippen LogP contribution in [0.15, 0.2) is 36.7 Å². The van der Waals surface area contributed by atoms with E-state index in [-0.39, 0.29) is 5.56 Å². The Morgan fingerprint density at radius 2 is 2.09 bits per heavy atom. The van der Waals surface area contributed by atoms with Crippen LogP contribution in [0, 0.1) is 6.92 Å². The van der Waals surface area contributed by atoms with E-state index in [1.807, 2.05) is 23.7 Å². The number of aromatic nitrogens is 3.